The van der Waals surface area contributed by atoms with Crippen molar-refractivity contribution in [2.24, 2.45) is 0 Å². The number of carbonyl (C=O) groups excluding carboxylic acids is 3. The van der Waals surface area contributed by atoms with E-state index < -0.39 is 81.7 Å². The zero-order valence-corrected chi connectivity index (χ0v) is 20.9. The quantitative estimate of drug-likeness (QED) is 0.443. The summed E-state index contributed by atoms with van der Waals surface area (Å²) in [6.45, 7) is 2.40. The molecule has 1 saturated heterocycles. The van der Waals surface area contributed by atoms with Crippen molar-refractivity contribution in [1.29, 1.82) is 0 Å². The third-order valence-corrected chi connectivity index (χ3v) is 6.22. The van der Waals surface area contributed by atoms with E-state index in [0.29, 0.717) is 22.9 Å². The third-order valence-electron chi connectivity index (χ3n) is 6.22. The summed E-state index contributed by atoms with van der Waals surface area (Å²) in [5, 5.41) is 3.85. The lowest BCUT2D eigenvalue weighted by molar-refractivity contribution is -0.153. The molecular formula is C25H21F6N5O4. The average Bonchev–Trinajstić information content (AvgIpc) is 3.21. The van der Waals surface area contributed by atoms with Crippen molar-refractivity contribution in [3.05, 3.63) is 63.7 Å². The van der Waals surface area contributed by atoms with Crippen LogP contribution in [0, 0.1) is 17.5 Å². The lowest BCUT2D eigenvalue weighted by Crippen LogP contribution is -2.46. The number of alkyl halides is 3. The highest BCUT2D eigenvalue weighted by Gasteiger charge is 2.40. The van der Waals surface area contributed by atoms with Gasteiger partial charge in [0.2, 0.25) is 17.2 Å². The highest BCUT2D eigenvalue weighted by Crippen LogP contribution is 2.27. The van der Waals surface area contributed by atoms with E-state index in [9.17, 15) is 45.5 Å². The average molecular weight is 569 g/mol. The van der Waals surface area contributed by atoms with E-state index in [1.807, 2.05) is 0 Å². The Labute approximate surface area is 221 Å². The number of nitrogens with zero attached hydrogens (tertiary/aromatic N) is 3. The minimum atomic E-state index is -4.84. The molecule has 1 aliphatic rings. The molecule has 3 aromatic rings. The summed E-state index contributed by atoms with van der Waals surface area (Å²) in [4.78, 5) is 55.3. The van der Waals surface area contributed by atoms with Gasteiger partial charge in [0.25, 0.3) is 5.91 Å². The Morgan fingerprint density at radius 3 is 2.35 bits per heavy atom. The molecule has 3 amide bonds. The van der Waals surface area contributed by atoms with Gasteiger partial charge in [-0.3, -0.25) is 28.6 Å². The number of aromatic nitrogens is 2. The molecule has 2 atom stereocenters. The van der Waals surface area contributed by atoms with Gasteiger partial charge in [0.1, 0.15) is 28.9 Å². The first-order valence-corrected chi connectivity index (χ1v) is 11.9. The maximum absolute atomic E-state index is 14.9. The Hall–Kier alpha value is -4.43. The number of hydrogen-bond donors (Lipinski definition) is 2. The Morgan fingerprint density at radius 2 is 1.77 bits per heavy atom. The van der Waals surface area contributed by atoms with Crippen LogP contribution in [-0.4, -0.2) is 52.1 Å². The molecule has 0 bridgehead atoms. The lowest BCUT2D eigenvalue weighted by Gasteiger charge is -2.21. The predicted octanol–water partition coefficient (Wildman–Crippen LogP) is 3.12. The Bertz CT molecular complexity index is 1570. The number of anilines is 1. The second-order valence-electron chi connectivity index (χ2n) is 9.08. The van der Waals surface area contributed by atoms with Crippen LogP contribution in [0.3, 0.4) is 0 Å². The first-order chi connectivity index (χ1) is 18.7. The minimum absolute atomic E-state index is 0.0171. The Morgan fingerprint density at radius 1 is 1.12 bits per heavy atom. The van der Waals surface area contributed by atoms with Gasteiger partial charge >= 0.3 is 6.18 Å². The van der Waals surface area contributed by atoms with E-state index in [-0.39, 0.29) is 24.7 Å². The summed E-state index contributed by atoms with van der Waals surface area (Å²) in [6.07, 6.45) is -4.88. The van der Waals surface area contributed by atoms with E-state index in [4.69, 9.17) is 0 Å². The van der Waals surface area contributed by atoms with E-state index in [2.05, 4.69) is 10.3 Å². The second-order valence-corrected chi connectivity index (χ2v) is 9.08. The molecule has 40 heavy (non-hydrogen) atoms. The maximum atomic E-state index is 14.9. The highest BCUT2D eigenvalue weighted by atomic mass is 19.4. The molecule has 9 nitrogen and oxygen atoms in total. The summed E-state index contributed by atoms with van der Waals surface area (Å²) in [5.74, 6) is -6.61. The summed E-state index contributed by atoms with van der Waals surface area (Å²) in [6, 6.07) is 0.0532. The monoisotopic (exact) mass is 569 g/mol. The van der Waals surface area contributed by atoms with Gasteiger partial charge in [0, 0.05) is 38.2 Å². The number of amides is 3. The fourth-order valence-electron chi connectivity index (χ4n) is 4.40. The molecule has 15 heteroatoms. The fourth-order valence-corrected chi connectivity index (χ4v) is 4.40. The fraction of sp³-hybridized carbons (Fsp3) is 0.320. The molecule has 0 saturated carbocycles. The molecule has 0 spiro atoms. The number of pyridine rings is 2. The van der Waals surface area contributed by atoms with Gasteiger partial charge < -0.3 is 10.6 Å². The molecule has 0 radical (unpaired) electrons. The first kappa shape index (κ1) is 28.6. The highest BCUT2D eigenvalue weighted by molar-refractivity contribution is 5.99. The van der Waals surface area contributed by atoms with Crippen molar-refractivity contribution in [2.45, 2.75) is 44.9 Å². The third kappa shape index (κ3) is 5.49. The summed E-state index contributed by atoms with van der Waals surface area (Å²) in [5.41, 5.74) is -3.44. The van der Waals surface area contributed by atoms with Gasteiger partial charge in [-0.2, -0.15) is 13.2 Å². The van der Waals surface area contributed by atoms with Gasteiger partial charge in [-0.1, -0.05) is 6.92 Å². The van der Waals surface area contributed by atoms with Crippen molar-refractivity contribution in [3.8, 4) is 5.69 Å². The van der Waals surface area contributed by atoms with Crippen LogP contribution in [0.15, 0.2) is 35.3 Å². The van der Waals surface area contributed by atoms with Crippen LogP contribution in [0.5, 0.6) is 0 Å². The van der Waals surface area contributed by atoms with Gasteiger partial charge in [-0.25, -0.2) is 18.2 Å². The molecule has 2 aromatic heterocycles. The molecular weight excluding hydrogens is 548 g/mol. The molecule has 1 aliphatic heterocycles. The van der Waals surface area contributed by atoms with Crippen LogP contribution in [-0.2, 0) is 9.59 Å². The van der Waals surface area contributed by atoms with E-state index in [1.165, 1.54) is 13.0 Å². The summed E-state index contributed by atoms with van der Waals surface area (Å²) in [7, 11) is 0. The number of fused-ring (bicyclic) bond motifs is 1. The standard InChI is InChI=1S/C25H21F6N5O4/c1-3-18(25(29,30)31)33-24(40)15-10-36(21-16(27)6-12(26)7-17(21)28)23-14(22(15)39)4-5-19(34-23)35-9-13(8-20(35)38)32-11(2)37/h4-7,10,13,18H,3,8-9H2,1-2H3,(H,32,37)(H,33,40)/t13-,18-/m0/s1. The van der Waals surface area contributed by atoms with Crippen LogP contribution in [0.4, 0.5) is 32.2 Å². The topological polar surface area (TPSA) is 113 Å². The number of hydrogen-bond acceptors (Lipinski definition) is 5. The van der Waals surface area contributed by atoms with Crippen molar-refractivity contribution in [1.82, 2.24) is 20.2 Å². The SMILES string of the molecule is CC[C@H](NC(=O)c1cn(-c2c(F)cc(F)cc2F)c2nc(N3C[C@@H](NC(C)=O)CC3=O)ccc2c1=O)C(F)(F)F. The number of carbonyl (C=O) groups is 3. The van der Waals surface area contributed by atoms with Crippen LogP contribution in [0.25, 0.3) is 16.7 Å². The van der Waals surface area contributed by atoms with Crippen LogP contribution >= 0.6 is 0 Å². The predicted molar refractivity (Wildman–Crippen MR) is 129 cm³/mol. The van der Waals surface area contributed by atoms with Crippen molar-refractivity contribution in [2.75, 3.05) is 11.4 Å². The van der Waals surface area contributed by atoms with Gasteiger partial charge in [-0.15, -0.1) is 0 Å². The van der Waals surface area contributed by atoms with Gasteiger partial charge in [0.15, 0.2) is 17.3 Å². The van der Waals surface area contributed by atoms with Crippen molar-refractivity contribution >= 4 is 34.6 Å². The van der Waals surface area contributed by atoms with Crippen LogP contribution in [0.2, 0.25) is 0 Å². The Kier molecular flexibility index (Phi) is 7.59. The number of rotatable bonds is 6. The molecule has 2 N–H and O–H groups in total. The summed E-state index contributed by atoms with van der Waals surface area (Å²) >= 11 is 0. The van der Waals surface area contributed by atoms with Crippen molar-refractivity contribution in [3.63, 3.8) is 0 Å². The van der Waals surface area contributed by atoms with E-state index >= 15 is 0 Å². The number of nitrogens with one attached hydrogen (secondary N) is 2. The molecule has 1 fully saturated rings. The van der Waals surface area contributed by atoms with Gasteiger partial charge in [0.05, 0.1) is 11.4 Å². The van der Waals surface area contributed by atoms with Crippen LogP contribution < -0.4 is 21.0 Å². The minimum Gasteiger partial charge on any atom is -0.351 e. The number of benzene rings is 1. The zero-order chi connectivity index (χ0) is 29.5. The molecule has 1 aromatic carbocycles. The normalized spacial score (nSPS) is 16.4. The number of halogens is 6. The maximum Gasteiger partial charge on any atom is 0.408 e. The lowest BCUT2D eigenvalue weighted by atomic mass is 10.1. The van der Waals surface area contributed by atoms with Gasteiger partial charge in [-0.05, 0) is 18.6 Å². The molecule has 212 valence electrons. The van der Waals surface area contributed by atoms with Crippen molar-refractivity contribution < 1.29 is 40.7 Å². The smallest absolute Gasteiger partial charge is 0.351 e. The van der Waals surface area contributed by atoms with E-state index in [1.54, 1.807) is 5.32 Å². The zero-order valence-electron chi connectivity index (χ0n) is 20.9. The van der Waals surface area contributed by atoms with E-state index in [0.717, 1.165) is 17.9 Å². The molecule has 0 unspecified atom stereocenters. The van der Waals surface area contributed by atoms with Crippen LogP contribution in [0.1, 0.15) is 37.0 Å². The summed E-state index contributed by atoms with van der Waals surface area (Å²) < 4.78 is 83.7. The first-order valence-electron chi connectivity index (χ1n) is 11.9. The molecule has 3 heterocycles. The molecule has 0 aliphatic carbocycles. The largest absolute Gasteiger partial charge is 0.408 e. The second kappa shape index (κ2) is 10.6. The molecule has 4 rings (SSSR count). The Balaban J connectivity index is 1.91.